The van der Waals surface area contributed by atoms with E-state index in [0.29, 0.717) is 11.1 Å². The van der Waals surface area contributed by atoms with Crippen LogP contribution in [0.15, 0.2) is 34.9 Å². The molecule has 0 bridgehead atoms. The van der Waals surface area contributed by atoms with Crippen molar-refractivity contribution in [3.05, 3.63) is 41.4 Å². The molecule has 0 aliphatic carbocycles. The number of hydrogen-bond acceptors (Lipinski definition) is 4. The molecule has 2 aromatic rings. The Hall–Kier alpha value is -0.780. The molecule has 1 aromatic heterocycles. The summed E-state index contributed by atoms with van der Waals surface area (Å²) in [5.41, 5.74) is 0.972. The first kappa shape index (κ1) is 22.3. The van der Waals surface area contributed by atoms with Gasteiger partial charge in [-0.15, -0.1) is 24.8 Å². The summed E-state index contributed by atoms with van der Waals surface area (Å²) in [6, 6.07) is 8.31. The third-order valence-electron chi connectivity index (χ3n) is 4.34. The van der Waals surface area contributed by atoms with Gasteiger partial charge in [0.25, 0.3) is 0 Å². The molecule has 4 nitrogen and oxygen atoms in total. The van der Waals surface area contributed by atoms with Crippen molar-refractivity contribution in [3.63, 3.8) is 0 Å². The molecule has 0 unspecified atom stereocenters. The van der Waals surface area contributed by atoms with E-state index in [4.69, 9.17) is 16.0 Å². The second kappa shape index (κ2) is 11.0. The van der Waals surface area contributed by atoms with Gasteiger partial charge in [-0.1, -0.05) is 30.7 Å². The third kappa shape index (κ3) is 6.15. The van der Waals surface area contributed by atoms with Gasteiger partial charge in [-0.05, 0) is 51.0 Å². The van der Waals surface area contributed by atoms with Gasteiger partial charge in [0.05, 0.1) is 12.7 Å². The molecule has 1 aromatic carbocycles. The first-order valence-corrected chi connectivity index (χ1v) is 8.79. The number of hydrogen-bond donors (Lipinski definition) is 1. The predicted octanol–water partition coefficient (Wildman–Crippen LogP) is 4.80. The van der Waals surface area contributed by atoms with E-state index in [1.54, 1.807) is 6.20 Å². The number of halogens is 3. The van der Waals surface area contributed by atoms with Crippen LogP contribution in [0.5, 0.6) is 0 Å². The van der Waals surface area contributed by atoms with Gasteiger partial charge in [0.15, 0.2) is 5.76 Å². The zero-order valence-corrected chi connectivity index (χ0v) is 16.8. The maximum atomic E-state index is 6.05. The highest BCUT2D eigenvalue weighted by atomic mass is 35.5. The Morgan fingerprint density at radius 2 is 2.04 bits per heavy atom. The molecule has 1 saturated heterocycles. The number of nitrogens with zero attached hydrogens (tertiary/aromatic N) is 2. The van der Waals surface area contributed by atoms with Crippen molar-refractivity contribution in [3.8, 4) is 11.3 Å². The number of rotatable bonds is 6. The molecule has 1 aliphatic rings. The van der Waals surface area contributed by atoms with Crippen molar-refractivity contribution in [1.82, 2.24) is 15.2 Å². The fourth-order valence-electron chi connectivity index (χ4n) is 3.18. The van der Waals surface area contributed by atoms with Crippen molar-refractivity contribution in [2.75, 3.05) is 19.6 Å². The summed E-state index contributed by atoms with van der Waals surface area (Å²) in [5, 5.41) is 4.14. The van der Waals surface area contributed by atoms with Gasteiger partial charge >= 0.3 is 0 Å². The Kier molecular flexibility index (Phi) is 9.83. The van der Waals surface area contributed by atoms with Gasteiger partial charge in [-0.2, -0.15) is 0 Å². The highest BCUT2D eigenvalue weighted by Crippen LogP contribution is 2.24. The highest BCUT2D eigenvalue weighted by molar-refractivity contribution is 6.30. The van der Waals surface area contributed by atoms with Crippen molar-refractivity contribution in [2.45, 2.75) is 38.8 Å². The van der Waals surface area contributed by atoms with Crippen molar-refractivity contribution in [1.29, 1.82) is 0 Å². The number of nitrogens with one attached hydrogen (secondary N) is 1. The molecule has 0 atom stereocenters. The fourth-order valence-corrected chi connectivity index (χ4v) is 3.37. The molecule has 0 radical (unpaired) electrons. The largest absolute Gasteiger partial charge is 0.439 e. The maximum Gasteiger partial charge on any atom is 0.209 e. The summed E-state index contributed by atoms with van der Waals surface area (Å²) in [5.74, 6) is 1.57. The molecule has 7 heteroatoms. The van der Waals surface area contributed by atoms with Crippen molar-refractivity contribution < 1.29 is 4.42 Å². The van der Waals surface area contributed by atoms with E-state index in [1.807, 2.05) is 24.3 Å². The van der Waals surface area contributed by atoms with Gasteiger partial charge < -0.3 is 9.73 Å². The second-order valence-corrected chi connectivity index (χ2v) is 6.52. The molecule has 0 saturated carbocycles. The quantitative estimate of drug-likeness (QED) is 0.748. The van der Waals surface area contributed by atoms with Crippen LogP contribution in [0.1, 0.15) is 32.1 Å². The van der Waals surface area contributed by atoms with Crippen LogP contribution in [-0.4, -0.2) is 35.6 Å². The summed E-state index contributed by atoms with van der Waals surface area (Å²) in [6.07, 6.45) is 5.34. The average molecular weight is 407 g/mol. The molecule has 2 heterocycles. The van der Waals surface area contributed by atoms with Gasteiger partial charge in [0.1, 0.15) is 0 Å². The Balaban J connectivity index is 0.00000156. The minimum Gasteiger partial charge on any atom is -0.439 e. The van der Waals surface area contributed by atoms with Crippen LogP contribution in [0.4, 0.5) is 0 Å². The first-order chi connectivity index (χ1) is 11.3. The van der Waals surface area contributed by atoms with Crippen molar-refractivity contribution >= 4 is 36.4 Å². The van der Waals surface area contributed by atoms with Gasteiger partial charge in [-0.3, -0.25) is 4.90 Å². The summed E-state index contributed by atoms with van der Waals surface area (Å²) in [6.45, 7) is 6.29. The molecule has 1 fully saturated rings. The zero-order chi connectivity index (χ0) is 16.1. The molecule has 0 amide bonds. The van der Waals surface area contributed by atoms with Gasteiger partial charge in [-0.25, -0.2) is 4.98 Å². The second-order valence-electron chi connectivity index (χ2n) is 6.08. The Bertz CT molecular complexity index is 630. The molecule has 0 spiro atoms. The number of piperidine rings is 1. The summed E-state index contributed by atoms with van der Waals surface area (Å²) in [4.78, 5) is 6.98. The van der Waals surface area contributed by atoms with Crippen LogP contribution in [0, 0.1) is 0 Å². The minimum absolute atomic E-state index is 0. The lowest BCUT2D eigenvalue weighted by atomic mass is 10.0. The zero-order valence-electron chi connectivity index (χ0n) is 14.4. The summed E-state index contributed by atoms with van der Waals surface area (Å²) in [7, 11) is 0. The number of oxazole rings is 1. The summed E-state index contributed by atoms with van der Waals surface area (Å²) >= 11 is 6.05. The average Bonchev–Trinajstić information content (AvgIpc) is 3.04. The predicted molar refractivity (Wildman–Crippen MR) is 108 cm³/mol. The maximum absolute atomic E-state index is 6.05. The number of aromatic nitrogens is 1. The molecule has 25 heavy (non-hydrogen) atoms. The third-order valence-corrected chi connectivity index (χ3v) is 4.57. The normalized spacial score (nSPS) is 14.8. The SMILES string of the molecule is CCCN(Cc1ncc(-c2cccc(Cl)c2)o1)C1CCNCC1.Cl.Cl. The molecule has 1 aliphatic heterocycles. The Labute approximate surface area is 167 Å². The van der Waals surface area contributed by atoms with Gasteiger partial charge in [0.2, 0.25) is 5.89 Å². The topological polar surface area (TPSA) is 41.3 Å². The summed E-state index contributed by atoms with van der Waals surface area (Å²) < 4.78 is 5.97. The van der Waals surface area contributed by atoms with E-state index >= 15 is 0 Å². The minimum atomic E-state index is 0. The van der Waals surface area contributed by atoms with E-state index in [9.17, 15) is 0 Å². The van der Waals surface area contributed by atoms with Crippen LogP contribution in [0.3, 0.4) is 0 Å². The first-order valence-electron chi connectivity index (χ1n) is 8.41. The molecular weight excluding hydrogens is 381 g/mol. The fraction of sp³-hybridized carbons (Fsp3) is 0.500. The lowest BCUT2D eigenvalue weighted by Gasteiger charge is -2.33. The lowest BCUT2D eigenvalue weighted by Crippen LogP contribution is -2.43. The monoisotopic (exact) mass is 405 g/mol. The lowest BCUT2D eigenvalue weighted by molar-refractivity contribution is 0.141. The highest BCUT2D eigenvalue weighted by Gasteiger charge is 2.22. The van der Waals surface area contributed by atoms with Crippen molar-refractivity contribution in [2.24, 2.45) is 0 Å². The van der Waals surface area contributed by atoms with E-state index in [0.717, 1.165) is 49.8 Å². The van der Waals surface area contributed by atoms with Crippen LogP contribution >= 0.6 is 36.4 Å². The molecule has 3 rings (SSSR count). The smallest absolute Gasteiger partial charge is 0.209 e. The molecule has 1 N–H and O–H groups in total. The molecular formula is C18H26Cl3N3O. The van der Waals surface area contributed by atoms with Gasteiger partial charge in [0, 0.05) is 16.6 Å². The van der Waals surface area contributed by atoms with E-state index in [-0.39, 0.29) is 24.8 Å². The van der Waals surface area contributed by atoms with E-state index < -0.39 is 0 Å². The Morgan fingerprint density at radius 3 is 2.72 bits per heavy atom. The van der Waals surface area contributed by atoms with Crippen LogP contribution in [0.2, 0.25) is 5.02 Å². The van der Waals surface area contributed by atoms with E-state index in [1.165, 1.54) is 12.8 Å². The number of benzene rings is 1. The van der Waals surface area contributed by atoms with Crippen LogP contribution in [0.25, 0.3) is 11.3 Å². The standard InChI is InChI=1S/C18H24ClN3O.2ClH/c1-2-10-22(16-6-8-20-9-7-16)13-18-21-12-17(23-18)14-4-3-5-15(19)11-14;;/h3-5,11-12,16,20H,2,6-10,13H2,1H3;2*1H. The Morgan fingerprint density at radius 1 is 1.28 bits per heavy atom. The van der Waals surface area contributed by atoms with Crippen LogP contribution in [-0.2, 0) is 6.54 Å². The van der Waals surface area contributed by atoms with E-state index in [2.05, 4.69) is 22.1 Å². The van der Waals surface area contributed by atoms with Crippen LogP contribution < -0.4 is 5.32 Å². The molecule has 140 valence electrons.